The van der Waals surface area contributed by atoms with Crippen LogP contribution in [0.1, 0.15) is 0 Å². The van der Waals surface area contributed by atoms with Crippen molar-refractivity contribution in [1.29, 1.82) is 0 Å². The molecular weight excluding hydrogens is 624 g/mol. The SMILES string of the molecule is OCC1OC(OC2C(O)C(CO)OC(OC3C(CO)OC(OC4(CO)OC(CO)C(O)C4O)C(O)C3O)C2O)C(O)C(O)C1O. The van der Waals surface area contributed by atoms with Gasteiger partial charge in [0.2, 0.25) is 5.79 Å². The Hall–Kier alpha value is -0.840. The summed E-state index contributed by atoms with van der Waals surface area (Å²) in [6, 6.07) is 0. The third-order valence-electron chi connectivity index (χ3n) is 8.30. The summed E-state index contributed by atoms with van der Waals surface area (Å²) in [6.07, 6.45) is -32.4. The molecule has 4 fully saturated rings. The van der Waals surface area contributed by atoms with E-state index >= 15 is 0 Å². The summed E-state index contributed by atoms with van der Waals surface area (Å²) in [5.74, 6) is -2.44. The highest BCUT2D eigenvalue weighted by Crippen LogP contribution is 2.37. The first kappa shape index (κ1) is 37.0. The maximum absolute atomic E-state index is 11.0. The number of hydrogen-bond donors (Lipinski definition) is 14. The summed E-state index contributed by atoms with van der Waals surface area (Å²) < 4.78 is 37.9. The van der Waals surface area contributed by atoms with Crippen LogP contribution in [0, 0.1) is 0 Å². The molecule has 19 atom stereocenters. The van der Waals surface area contributed by atoms with Gasteiger partial charge >= 0.3 is 0 Å². The fourth-order valence-corrected chi connectivity index (χ4v) is 5.60. The molecule has 0 radical (unpaired) electrons. The minimum absolute atomic E-state index is 0.788. The second-order valence-corrected chi connectivity index (χ2v) is 11.2. The molecule has 0 aromatic carbocycles. The van der Waals surface area contributed by atoms with Crippen LogP contribution in [-0.2, 0) is 33.2 Å². The van der Waals surface area contributed by atoms with Gasteiger partial charge in [-0.2, -0.15) is 0 Å². The maximum Gasteiger partial charge on any atom is 0.224 e. The molecular formula is C24H42O21. The fourth-order valence-electron chi connectivity index (χ4n) is 5.60. The average Bonchev–Trinajstić information content (AvgIpc) is 3.28. The van der Waals surface area contributed by atoms with E-state index in [2.05, 4.69) is 0 Å². The summed E-state index contributed by atoms with van der Waals surface area (Å²) in [6.45, 7) is -4.54. The highest BCUT2D eigenvalue weighted by atomic mass is 16.8. The van der Waals surface area contributed by atoms with E-state index < -0.39 is 149 Å². The Morgan fingerprint density at radius 1 is 0.444 bits per heavy atom. The smallest absolute Gasteiger partial charge is 0.224 e. The van der Waals surface area contributed by atoms with Crippen LogP contribution in [0.25, 0.3) is 0 Å². The van der Waals surface area contributed by atoms with E-state index in [1.807, 2.05) is 0 Å². The summed E-state index contributed by atoms with van der Waals surface area (Å²) in [7, 11) is 0. The molecule has 0 bridgehead atoms. The average molecular weight is 667 g/mol. The van der Waals surface area contributed by atoms with E-state index in [1.165, 1.54) is 0 Å². The van der Waals surface area contributed by atoms with Crippen molar-refractivity contribution in [1.82, 2.24) is 0 Å². The lowest BCUT2D eigenvalue weighted by Crippen LogP contribution is -2.67. The van der Waals surface area contributed by atoms with Crippen molar-refractivity contribution in [2.75, 3.05) is 33.0 Å². The Kier molecular flexibility index (Phi) is 12.5. The summed E-state index contributed by atoms with van der Waals surface area (Å²) in [5.41, 5.74) is 0. The van der Waals surface area contributed by atoms with Gasteiger partial charge in [0.15, 0.2) is 18.9 Å². The lowest BCUT2D eigenvalue weighted by atomic mass is 9.96. The molecule has 4 aliphatic heterocycles. The number of hydrogen-bond acceptors (Lipinski definition) is 21. The van der Waals surface area contributed by atoms with Crippen molar-refractivity contribution in [3.8, 4) is 0 Å². The van der Waals surface area contributed by atoms with Gasteiger partial charge in [-0.05, 0) is 0 Å². The van der Waals surface area contributed by atoms with Crippen molar-refractivity contribution < 1.29 is 105 Å². The largest absolute Gasteiger partial charge is 0.394 e. The van der Waals surface area contributed by atoms with Crippen LogP contribution >= 0.6 is 0 Å². The van der Waals surface area contributed by atoms with Crippen molar-refractivity contribution in [2.24, 2.45) is 0 Å². The molecule has 0 aromatic rings. The van der Waals surface area contributed by atoms with Crippen molar-refractivity contribution in [2.45, 2.75) is 116 Å². The van der Waals surface area contributed by atoms with Crippen LogP contribution in [0.4, 0.5) is 0 Å². The first-order valence-electron chi connectivity index (χ1n) is 14.1. The molecule has 0 amide bonds. The minimum atomic E-state index is -2.44. The standard InChI is InChI=1S/C24H42O21/c25-1-6-10(30)13(33)15(35)21(39-6)43-19-11(31)7(2-26)40-22(17(19)37)42-18-9(4-28)41-23(16(36)14(18)34)45-24(5-29)20(38)12(32)8(3-27)44-24/h6-23,25-38H,1-5H2. The van der Waals surface area contributed by atoms with Gasteiger partial charge in [0.1, 0.15) is 98.2 Å². The first-order chi connectivity index (χ1) is 21.3. The number of ether oxygens (including phenoxy) is 7. The van der Waals surface area contributed by atoms with Gasteiger partial charge in [-0.15, -0.1) is 0 Å². The fraction of sp³-hybridized carbons (Fsp3) is 1.00. The lowest BCUT2D eigenvalue weighted by Gasteiger charge is -2.48. The Labute approximate surface area is 254 Å². The molecule has 0 saturated carbocycles. The van der Waals surface area contributed by atoms with Gasteiger partial charge in [0, 0.05) is 0 Å². The van der Waals surface area contributed by atoms with Crippen molar-refractivity contribution >= 4 is 0 Å². The number of aliphatic hydroxyl groups excluding tert-OH is 14. The zero-order valence-electron chi connectivity index (χ0n) is 23.5. The normalized spacial score (nSPS) is 52.7. The quantitative estimate of drug-likeness (QED) is 0.0973. The molecule has 0 aliphatic carbocycles. The highest BCUT2D eigenvalue weighted by molar-refractivity contribution is 5.00. The Morgan fingerprint density at radius 3 is 1.47 bits per heavy atom. The second kappa shape index (κ2) is 15.1. The Bertz CT molecular complexity index is 929. The second-order valence-electron chi connectivity index (χ2n) is 11.2. The van der Waals surface area contributed by atoms with Crippen LogP contribution in [0.5, 0.6) is 0 Å². The van der Waals surface area contributed by atoms with E-state index in [4.69, 9.17) is 33.2 Å². The third kappa shape index (κ3) is 7.01. The van der Waals surface area contributed by atoms with E-state index in [-0.39, 0.29) is 0 Å². The van der Waals surface area contributed by atoms with Crippen LogP contribution in [0.3, 0.4) is 0 Å². The van der Waals surface area contributed by atoms with Crippen LogP contribution < -0.4 is 0 Å². The predicted octanol–water partition coefficient (Wildman–Crippen LogP) is -9.75. The molecule has 0 spiro atoms. The van der Waals surface area contributed by atoms with Gasteiger partial charge in [-0.3, -0.25) is 0 Å². The molecule has 19 unspecified atom stereocenters. The third-order valence-corrected chi connectivity index (χ3v) is 8.30. The van der Waals surface area contributed by atoms with Gasteiger partial charge < -0.3 is 105 Å². The molecule has 4 heterocycles. The van der Waals surface area contributed by atoms with Crippen LogP contribution in [0.2, 0.25) is 0 Å². The van der Waals surface area contributed by atoms with E-state index in [0.717, 1.165) is 0 Å². The molecule has 45 heavy (non-hydrogen) atoms. The van der Waals surface area contributed by atoms with E-state index in [9.17, 15) is 71.5 Å². The van der Waals surface area contributed by atoms with Gasteiger partial charge in [-0.25, -0.2) is 0 Å². The summed E-state index contributed by atoms with van der Waals surface area (Å²) in [5, 5.41) is 143. The summed E-state index contributed by atoms with van der Waals surface area (Å²) >= 11 is 0. The van der Waals surface area contributed by atoms with Gasteiger partial charge in [0.25, 0.3) is 0 Å². The zero-order chi connectivity index (χ0) is 33.4. The monoisotopic (exact) mass is 666 g/mol. The molecule has 4 aliphatic rings. The zero-order valence-corrected chi connectivity index (χ0v) is 23.5. The molecule has 4 rings (SSSR count). The first-order valence-corrected chi connectivity index (χ1v) is 14.1. The lowest BCUT2D eigenvalue weighted by molar-refractivity contribution is -0.403. The molecule has 21 nitrogen and oxygen atoms in total. The summed E-state index contributed by atoms with van der Waals surface area (Å²) in [4.78, 5) is 0. The Morgan fingerprint density at radius 2 is 0.933 bits per heavy atom. The molecule has 14 N–H and O–H groups in total. The van der Waals surface area contributed by atoms with Crippen LogP contribution in [-0.4, -0.2) is 221 Å². The molecule has 21 heteroatoms. The van der Waals surface area contributed by atoms with E-state index in [0.29, 0.717) is 0 Å². The van der Waals surface area contributed by atoms with Crippen molar-refractivity contribution in [3.05, 3.63) is 0 Å². The highest BCUT2D eigenvalue weighted by Gasteiger charge is 2.59. The molecule has 0 aromatic heterocycles. The number of aliphatic hydroxyl groups is 14. The number of rotatable bonds is 11. The van der Waals surface area contributed by atoms with Gasteiger partial charge in [-0.1, -0.05) is 0 Å². The topological polar surface area (TPSA) is 348 Å². The van der Waals surface area contributed by atoms with E-state index in [1.54, 1.807) is 0 Å². The maximum atomic E-state index is 11.0. The Balaban J connectivity index is 1.49. The minimum Gasteiger partial charge on any atom is -0.394 e. The molecule has 264 valence electrons. The van der Waals surface area contributed by atoms with Crippen molar-refractivity contribution in [3.63, 3.8) is 0 Å². The van der Waals surface area contributed by atoms with Gasteiger partial charge in [0.05, 0.1) is 26.4 Å². The van der Waals surface area contributed by atoms with Crippen LogP contribution in [0.15, 0.2) is 0 Å². The predicted molar refractivity (Wildman–Crippen MR) is 134 cm³/mol. The molecule has 4 saturated heterocycles.